The fourth-order valence-corrected chi connectivity index (χ4v) is 4.88. The first-order valence-electron chi connectivity index (χ1n) is 11.8. The number of nitrogens with zero attached hydrogens (tertiary/aromatic N) is 3. The minimum atomic E-state index is -0.583. The molecule has 1 saturated carbocycles. The third kappa shape index (κ3) is 4.98. The number of rotatable bonds is 5. The Labute approximate surface area is 194 Å². The molecule has 2 fully saturated rings. The molecular formula is C25H31FN6O. The fraction of sp³-hybridized carbons (Fsp3) is 0.520. The Hall–Kier alpha value is -3.05. The van der Waals surface area contributed by atoms with Crippen LogP contribution in [0, 0.1) is 23.1 Å². The number of piperidine rings is 1. The molecule has 0 radical (unpaired) electrons. The predicted molar refractivity (Wildman–Crippen MR) is 125 cm³/mol. The van der Waals surface area contributed by atoms with Crippen molar-refractivity contribution in [3.63, 3.8) is 0 Å². The standard InChI is InChI=1S/C25H31FN6O/c1-16-6-7-19(15-29-16)23(33)32-25(10-4-3-5-11-25)22-13-21(30-24(28-2)31-22)17-8-9-18(14-27)20(26)12-17/h8-9,12-13,16,19,29H,3-7,10-11,15H2,1-2H3,(H,32,33)(H,28,30,31)/t16-,19+/m1/s1. The van der Waals surface area contributed by atoms with Crippen LogP contribution >= 0.6 is 0 Å². The molecule has 1 aliphatic heterocycles. The highest BCUT2D eigenvalue weighted by atomic mass is 19.1. The van der Waals surface area contributed by atoms with Gasteiger partial charge in [0.25, 0.3) is 0 Å². The number of nitrogens with one attached hydrogen (secondary N) is 3. The van der Waals surface area contributed by atoms with E-state index in [1.54, 1.807) is 13.1 Å². The number of carbonyl (C=O) groups excluding carboxylic acids is 1. The molecule has 0 unspecified atom stereocenters. The van der Waals surface area contributed by atoms with E-state index < -0.39 is 11.4 Å². The van der Waals surface area contributed by atoms with Gasteiger partial charge in [-0.25, -0.2) is 14.4 Å². The molecule has 8 heteroatoms. The number of hydrogen-bond acceptors (Lipinski definition) is 6. The Kier molecular flexibility index (Phi) is 6.89. The Morgan fingerprint density at radius 1 is 1.21 bits per heavy atom. The van der Waals surface area contributed by atoms with E-state index >= 15 is 0 Å². The highest BCUT2D eigenvalue weighted by Gasteiger charge is 2.39. The summed E-state index contributed by atoms with van der Waals surface area (Å²) < 4.78 is 14.3. The summed E-state index contributed by atoms with van der Waals surface area (Å²) in [6, 6.07) is 8.61. The molecule has 3 N–H and O–H groups in total. The van der Waals surface area contributed by atoms with E-state index in [1.807, 2.05) is 12.1 Å². The highest BCUT2D eigenvalue weighted by Crippen LogP contribution is 2.38. The first-order valence-corrected chi connectivity index (χ1v) is 11.8. The molecule has 174 valence electrons. The molecule has 33 heavy (non-hydrogen) atoms. The summed E-state index contributed by atoms with van der Waals surface area (Å²) in [5, 5.41) is 18.8. The fourth-order valence-electron chi connectivity index (χ4n) is 4.88. The van der Waals surface area contributed by atoms with Crippen LogP contribution in [0.4, 0.5) is 10.3 Å². The van der Waals surface area contributed by atoms with E-state index in [0.29, 0.717) is 29.8 Å². The molecule has 1 aliphatic carbocycles. The van der Waals surface area contributed by atoms with Crippen LogP contribution in [0.3, 0.4) is 0 Å². The maximum atomic E-state index is 14.3. The van der Waals surface area contributed by atoms with E-state index in [0.717, 1.165) is 50.6 Å². The van der Waals surface area contributed by atoms with Gasteiger partial charge < -0.3 is 16.0 Å². The van der Waals surface area contributed by atoms with E-state index in [9.17, 15) is 9.18 Å². The lowest BCUT2D eigenvalue weighted by molar-refractivity contribution is -0.128. The zero-order valence-electron chi connectivity index (χ0n) is 19.2. The number of aromatic nitrogens is 2. The van der Waals surface area contributed by atoms with Crippen molar-refractivity contribution in [2.45, 2.75) is 63.5 Å². The summed E-state index contributed by atoms with van der Waals surface area (Å²) in [5.41, 5.74) is 1.28. The van der Waals surface area contributed by atoms with Crippen molar-refractivity contribution in [3.05, 3.63) is 41.3 Å². The average Bonchev–Trinajstić information content (AvgIpc) is 2.84. The van der Waals surface area contributed by atoms with Crippen molar-refractivity contribution in [1.82, 2.24) is 20.6 Å². The molecule has 1 saturated heterocycles. The molecule has 0 bridgehead atoms. The summed E-state index contributed by atoms with van der Waals surface area (Å²) in [5.74, 6) is -0.162. The number of amides is 1. The molecule has 4 rings (SSSR count). The minimum Gasteiger partial charge on any atom is -0.357 e. The Morgan fingerprint density at radius 3 is 2.64 bits per heavy atom. The van der Waals surface area contributed by atoms with Crippen molar-refractivity contribution < 1.29 is 9.18 Å². The van der Waals surface area contributed by atoms with Crippen molar-refractivity contribution in [2.75, 3.05) is 18.9 Å². The summed E-state index contributed by atoms with van der Waals surface area (Å²) in [6.07, 6.45) is 6.58. The van der Waals surface area contributed by atoms with Crippen molar-refractivity contribution >= 4 is 11.9 Å². The van der Waals surface area contributed by atoms with Gasteiger partial charge in [-0.2, -0.15) is 5.26 Å². The normalized spacial score (nSPS) is 22.2. The van der Waals surface area contributed by atoms with Crippen LogP contribution in [-0.4, -0.2) is 35.5 Å². The molecule has 1 aromatic carbocycles. The lowest BCUT2D eigenvalue weighted by Gasteiger charge is -2.39. The first kappa shape index (κ1) is 23.1. The van der Waals surface area contributed by atoms with Crippen LogP contribution in [-0.2, 0) is 10.3 Å². The second kappa shape index (κ2) is 9.84. The molecule has 0 spiro atoms. The number of nitriles is 1. The molecule has 2 heterocycles. The van der Waals surface area contributed by atoms with E-state index in [2.05, 4.69) is 27.9 Å². The van der Waals surface area contributed by atoms with Crippen LogP contribution in [0.5, 0.6) is 0 Å². The summed E-state index contributed by atoms with van der Waals surface area (Å²) in [7, 11) is 1.74. The van der Waals surface area contributed by atoms with Gasteiger partial charge in [-0.05, 0) is 50.8 Å². The number of anilines is 1. The van der Waals surface area contributed by atoms with Crippen LogP contribution in [0.2, 0.25) is 0 Å². The molecular weight excluding hydrogens is 419 g/mol. The lowest BCUT2D eigenvalue weighted by Crippen LogP contribution is -2.52. The van der Waals surface area contributed by atoms with E-state index in [-0.39, 0.29) is 17.4 Å². The summed E-state index contributed by atoms with van der Waals surface area (Å²) in [4.78, 5) is 22.6. The topological polar surface area (TPSA) is 103 Å². The van der Waals surface area contributed by atoms with E-state index in [1.165, 1.54) is 12.1 Å². The monoisotopic (exact) mass is 450 g/mol. The van der Waals surface area contributed by atoms with Gasteiger partial charge in [0.1, 0.15) is 11.9 Å². The minimum absolute atomic E-state index is 0.00621. The van der Waals surface area contributed by atoms with Crippen molar-refractivity contribution in [2.24, 2.45) is 5.92 Å². The largest absolute Gasteiger partial charge is 0.357 e. The summed E-state index contributed by atoms with van der Waals surface area (Å²) >= 11 is 0. The van der Waals surface area contributed by atoms with Gasteiger partial charge >= 0.3 is 0 Å². The van der Waals surface area contributed by atoms with Crippen LogP contribution in [0.25, 0.3) is 11.3 Å². The zero-order valence-corrected chi connectivity index (χ0v) is 19.2. The quantitative estimate of drug-likeness (QED) is 0.639. The zero-order chi connectivity index (χ0) is 23.4. The SMILES string of the molecule is CNc1nc(-c2ccc(C#N)c(F)c2)cc(C2(NC(=O)[C@H]3CC[C@@H](C)NC3)CCCCC2)n1. The van der Waals surface area contributed by atoms with Crippen molar-refractivity contribution in [1.29, 1.82) is 5.26 Å². The highest BCUT2D eigenvalue weighted by molar-refractivity contribution is 5.80. The molecule has 1 amide bonds. The van der Waals surface area contributed by atoms with Crippen LogP contribution in [0.1, 0.15) is 63.1 Å². The van der Waals surface area contributed by atoms with Gasteiger partial charge in [-0.15, -0.1) is 0 Å². The maximum Gasteiger partial charge on any atom is 0.225 e. The second-order valence-electron chi connectivity index (χ2n) is 9.23. The van der Waals surface area contributed by atoms with Gasteiger partial charge in [-0.1, -0.05) is 25.3 Å². The third-order valence-electron chi connectivity index (χ3n) is 6.93. The first-order chi connectivity index (χ1) is 15.9. The summed E-state index contributed by atoms with van der Waals surface area (Å²) in [6.45, 7) is 2.83. The van der Waals surface area contributed by atoms with Gasteiger partial charge in [0, 0.05) is 25.2 Å². The average molecular weight is 451 g/mol. The van der Waals surface area contributed by atoms with E-state index in [4.69, 9.17) is 10.2 Å². The van der Waals surface area contributed by atoms with Gasteiger partial charge in [-0.3, -0.25) is 4.79 Å². The second-order valence-corrected chi connectivity index (χ2v) is 9.23. The number of halogens is 1. The molecule has 7 nitrogen and oxygen atoms in total. The van der Waals surface area contributed by atoms with Gasteiger partial charge in [0.15, 0.2) is 0 Å². The third-order valence-corrected chi connectivity index (χ3v) is 6.93. The molecule has 2 aromatic rings. The lowest BCUT2D eigenvalue weighted by atomic mass is 9.78. The van der Waals surface area contributed by atoms with Crippen LogP contribution in [0.15, 0.2) is 24.3 Å². The Balaban J connectivity index is 1.70. The van der Waals surface area contributed by atoms with Crippen molar-refractivity contribution in [3.8, 4) is 17.3 Å². The Bertz CT molecular complexity index is 1050. The molecule has 1 aromatic heterocycles. The van der Waals surface area contributed by atoms with Gasteiger partial charge in [0.2, 0.25) is 11.9 Å². The predicted octanol–water partition coefficient (Wildman–Crippen LogP) is 3.86. The number of carbonyl (C=O) groups is 1. The smallest absolute Gasteiger partial charge is 0.225 e. The molecule has 2 atom stereocenters. The Morgan fingerprint density at radius 2 is 2.00 bits per heavy atom. The number of benzene rings is 1. The van der Waals surface area contributed by atoms with Gasteiger partial charge in [0.05, 0.1) is 28.4 Å². The molecule has 2 aliphatic rings. The van der Waals surface area contributed by atoms with Crippen LogP contribution < -0.4 is 16.0 Å². The maximum absolute atomic E-state index is 14.3. The number of hydrogen-bond donors (Lipinski definition) is 3.